The van der Waals surface area contributed by atoms with Gasteiger partial charge in [0.2, 0.25) is 11.8 Å². The third-order valence-corrected chi connectivity index (χ3v) is 5.00. The summed E-state index contributed by atoms with van der Waals surface area (Å²) in [5.74, 6) is -0.702. The van der Waals surface area contributed by atoms with Gasteiger partial charge in [0.25, 0.3) is 0 Å². The summed E-state index contributed by atoms with van der Waals surface area (Å²) in [7, 11) is 0. The van der Waals surface area contributed by atoms with Crippen LogP contribution in [-0.2, 0) is 9.59 Å². The summed E-state index contributed by atoms with van der Waals surface area (Å²) in [5, 5.41) is 2.99. The molecule has 0 aliphatic carbocycles. The number of benzene rings is 2. The Kier molecular flexibility index (Phi) is 5.35. The summed E-state index contributed by atoms with van der Waals surface area (Å²) in [6.45, 7) is 4.54. The van der Waals surface area contributed by atoms with E-state index in [1.165, 1.54) is 12.1 Å². The zero-order valence-corrected chi connectivity index (χ0v) is 15.0. The van der Waals surface area contributed by atoms with Crippen LogP contribution < -0.4 is 10.2 Å². The number of carbonyl (C=O) groups excluding carboxylic acids is 2. The van der Waals surface area contributed by atoms with Crippen molar-refractivity contribution in [3.63, 3.8) is 0 Å². The highest BCUT2D eigenvalue weighted by Gasteiger charge is 2.35. The van der Waals surface area contributed by atoms with E-state index in [9.17, 15) is 14.0 Å². The number of nitrogens with one attached hydrogen (secondary N) is 1. The highest BCUT2D eigenvalue weighted by atomic mass is 19.1. The van der Waals surface area contributed by atoms with E-state index in [1.807, 2.05) is 24.3 Å². The maximum atomic E-state index is 13.1. The molecular weight excluding hydrogens is 331 g/mol. The van der Waals surface area contributed by atoms with Crippen molar-refractivity contribution < 1.29 is 14.0 Å². The van der Waals surface area contributed by atoms with Crippen molar-refractivity contribution in [2.75, 3.05) is 16.8 Å². The van der Waals surface area contributed by atoms with Crippen molar-refractivity contribution in [1.29, 1.82) is 0 Å². The highest BCUT2D eigenvalue weighted by Crippen LogP contribution is 2.29. The molecule has 1 heterocycles. The van der Waals surface area contributed by atoms with Crippen LogP contribution in [0.2, 0.25) is 0 Å². The number of amides is 2. The predicted molar refractivity (Wildman–Crippen MR) is 101 cm³/mol. The molecule has 2 atom stereocenters. The fourth-order valence-corrected chi connectivity index (χ4v) is 3.25. The van der Waals surface area contributed by atoms with Crippen LogP contribution in [0.5, 0.6) is 0 Å². The smallest absolute Gasteiger partial charge is 0.229 e. The van der Waals surface area contributed by atoms with Gasteiger partial charge in [0.05, 0.1) is 5.92 Å². The molecule has 4 nitrogen and oxygen atoms in total. The molecular formula is C21H23FN2O2. The van der Waals surface area contributed by atoms with Crippen LogP contribution in [0.3, 0.4) is 0 Å². The Labute approximate surface area is 153 Å². The van der Waals surface area contributed by atoms with Gasteiger partial charge in [-0.25, -0.2) is 4.39 Å². The van der Waals surface area contributed by atoms with E-state index in [1.54, 1.807) is 17.0 Å². The van der Waals surface area contributed by atoms with Crippen molar-refractivity contribution in [3.05, 3.63) is 59.9 Å². The Morgan fingerprint density at radius 2 is 1.92 bits per heavy atom. The number of rotatable bonds is 5. The van der Waals surface area contributed by atoms with E-state index in [4.69, 9.17) is 0 Å². The lowest BCUT2D eigenvalue weighted by Crippen LogP contribution is -2.28. The van der Waals surface area contributed by atoms with E-state index in [0.717, 1.165) is 17.7 Å². The normalized spacial score (nSPS) is 18.0. The average molecular weight is 354 g/mol. The van der Waals surface area contributed by atoms with E-state index in [-0.39, 0.29) is 24.1 Å². The number of hydrogen-bond acceptors (Lipinski definition) is 2. The van der Waals surface area contributed by atoms with Crippen molar-refractivity contribution in [2.45, 2.75) is 32.6 Å². The lowest BCUT2D eigenvalue weighted by atomic mass is 9.96. The first-order chi connectivity index (χ1) is 12.5. The fraction of sp³-hybridized carbons (Fsp3) is 0.333. The second-order valence-corrected chi connectivity index (χ2v) is 6.77. The van der Waals surface area contributed by atoms with E-state index >= 15 is 0 Å². The van der Waals surface area contributed by atoms with Crippen LogP contribution in [0.1, 0.15) is 38.2 Å². The molecule has 0 spiro atoms. The van der Waals surface area contributed by atoms with Gasteiger partial charge in [0.15, 0.2) is 0 Å². The van der Waals surface area contributed by atoms with E-state index in [0.29, 0.717) is 18.2 Å². The molecule has 1 aliphatic heterocycles. The number of halogens is 1. The molecule has 136 valence electrons. The number of para-hydroxylation sites is 1. The summed E-state index contributed by atoms with van der Waals surface area (Å²) in [6, 6.07) is 13.5. The summed E-state index contributed by atoms with van der Waals surface area (Å²) in [4.78, 5) is 26.6. The third kappa shape index (κ3) is 3.77. The molecule has 1 saturated heterocycles. The van der Waals surface area contributed by atoms with Gasteiger partial charge in [-0.05, 0) is 48.2 Å². The van der Waals surface area contributed by atoms with Gasteiger partial charge in [-0.15, -0.1) is 0 Å². The molecule has 26 heavy (non-hydrogen) atoms. The minimum atomic E-state index is -0.419. The Hall–Kier alpha value is -2.69. The lowest BCUT2D eigenvalue weighted by molar-refractivity contribution is -0.122. The fourth-order valence-electron chi connectivity index (χ4n) is 3.25. The second-order valence-electron chi connectivity index (χ2n) is 6.77. The molecule has 2 amide bonds. The van der Waals surface area contributed by atoms with Gasteiger partial charge in [-0.3, -0.25) is 9.59 Å². The number of hydrogen-bond donors (Lipinski definition) is 1. The number of nitrogens with zero attached hydrogens (tertiary/aromatic N) is 1. The van der Waals surface area contributed by atoms with Gasteiger partial charge in [0, 0.05) is 24.3 Å². The Balaban J connectivity index is 1.72. The molecule has 0 bridgehead atoms. The minimum absolute atomic E-state index is 0.119. The molecule has 0 saturated carbocycles. The quantitative estimate of drug-likeness (QED) is 0.869. The number of carbonyl (C=O) groups is 2. The summed E-state index contributed by atoms with van der Waals surface area (Å²) in [6.07, 6.45) is 1.14. The van der Waals surface area contributed by atoms with Crippen molar-refractivity contribution >= 4 is 23.2 Å². The summed E-state index contributed by atoms with van der Waals surface area (Å²) >= 11 is 0. The molecule has 5 heteroatoms. The van der Waals surface area contributed by atoms with Crippen LogP contribution in [0.4, 0.5) is 15.8 Å². The van der Waals surface area contributed by atoms with Gasteiger partial charge in [-0.2, -0.15) is 0 Å². The topological polar surface area (TPSA) is 49.4 Å². The minimum Gasteiger partial charge on any atom is -0.326 e. The first-order valence-electron chi connectivity index (χ1n) is 8.95. The first kappa shape index (κ1) is 18.1. The standard InChI is InChI=1S/C21H23FN2O2/c1-3-14(2)18-6-4-5-7-19(18)23-21(26)15-12-20(25)24(13-15)17-10-8-16(22)9-11-17/h4-11,14-15H,3,12-13H2,1-2H3,(H,23,26). The Morgan fingerprint density at radius 1 is 1.23 bits per heavy atom. The van der Waals surface area contributed by atoms with E-state index in [2.05, 4.69) is 19.2 Å². The Bertz CT molecular complexity index is 804. The van der Waals surface area contributed by atoms with Gasteiger partial charge in [-0.1, -0.05) is 32.0 Å². The molecule has 3 rings (SSSR count). The van der Waals surface area contributed by atoms with Crippen LogP contribution in [0, 0.1) is 11.7 Å². The summed E-state index contributed by atoms with van der Waals surface area (Å²) < 4.78 is 13.1. The van der Waals surface area contributed by atoms with Gasteiger partial charge in [0.1, 0.15) is 5.82 Å². The molecule has 0 radical (unpaired) electrons. The molecule has 1 fully saturated rings. The third-order valence-electron chi connectivity index (χ3n) is 5.00. The largest absolute Gasteiger partial charge is 0.326 e. The van der Waals surface area contributed by atoms with Crippen LogP contribution in [0.15, 0.2) is 48.5 Å². The SMILES string of the molecule is CCC(C)c1ccccc1NC(=O)C1CC(=O)N(c2ccc(F)cc2)C1. The van der Waals surface area contributed by atoms with Crippen LogP contribution >= 0.6 is 0 Å². The highest BCUT2D eigenvalue weighted by molar-refractivity contribution is 6.03. The lowest BCUT2D eigenvalue weighted by Gasteiger charge is -2.18. The Morgan fingerprint density at radius 3 is 2.62 bits per heavy atom. The van der Waals surface area contributed by atoms with Crippen LogP contribution in [0.25, 0.3) is 0 Å². The first-order valence-corrected chi connectivity index (χ1v) is 8.95. The zero-order chi connectivity index (χ0) is 18.7. The monoisotopic (exact) mass is 354 g/mol. The molecule has 2 aromatic carbocycles. The number of anilines is 2. The molecule has 2 aromatic rings. The van der Waals surface area contributed by atoms with Crippen molar-refractivity contribution in [1.82, 2.24) is 0 Å². The van der Waals surface area contributed by atoms with Crippen LogP contribution in [-0.4, -0.2) is 18.4 Å². The van der Waals surface area contributed by atoms with E-state index < -0.39 is 5.92 Å². The van der Waals surface area contributed by atoms with Gasteiger partial charge < -0.3 is 10.2 Å². The predicted octanol–water partition coefficient (Wildman–Crippen LogP) is 4.33. The maximum Gasteiger partial charge on any atom is 0.229 e. The summed E-state index contributed by atoms with van der Waals surface area (Å²) in [5.41, 5.74) is 2.52. The van der Waals surface area contributed by atoms with Gasteiger partial charge >= 0.3 is 0 Å². The zero-order valence-electron chi connectivity index (χ0n) is 15.0. The second kappa shape index (κ2) is 7.68. The van der Waals surface area contributed by atoms with Crippen molar-refractivity contribution in [2.24, 2.45) is 5.92 Å². The molecule has 0 aromatic heterocycles. The maximum absolute atomic E-state index is 13.1. The molecule has 1 N–H and O–H groups in total. The van der Waals surface area contributed by atoms with Crippen molar-refractivity contribution in [3.8, 4) is 0 Å². The molecule has 2 unspecified atom stereocenters. The average Bonchev–Trinajstić information content (AvgIpc) is 3.04. The molecule has 1 aliphatic rings.